The van der Waals surface area contributed by atoms with Crippen LogP contribution in [0.3, 0.4) is 0 Å². The van der Waals surface area contributed by atoms with Crippen molar-refractivity contribution in [3.63, 3.8) is 0 Å². The van der Waals surface area contributed by atoms with Crippen LogP contribution in [0.2, 0.25) is 0 Å². The third-order valence-electron chi connectivity index (χ3n) is 3.06. The van der Waals surface area contributed by atoms with E-state index in [0.29, 0.717) is 27.2 Å². The maximum absolute atomic E-state index is 14.0. The first-order chi connectivity index (χ1) is 8.91. The van der Waals surface area contributed by atoms with E-state index in [1.807, 2.05) is 12.1 Å². The minimum absolute atomic E-state index is 0.0735. The van der Waals surface area contributed by atoms with Crippen molar-refractivity contribution in [1.29, 1.82) is 0 Å². The van der Waals surface area contributed by atoms with E-state index in [1.54, 1.807) is 25.1 Å². The molecule has 0 aliphatic heterocycles. The molecule has 102 valence electrons. The molecule has 1 aliphatic carbocycles. The standard InChI is InChI=1S/C14H13Cl3FN/c1-19(2)14-9(4-3-5-12(14)18)8-6-10(15)13(17)11(16)7-8/h3-6,8H,7H2,1-2H3. The Morgan fingerprint density at radius 2 is 1.89 bits per heavy atom. The van der Waals surface area contributed by atoms with Crippen LogP contribution in [0.1, 0.15) is 17.9 Å². The SMILES string of the molecule is CN(C)c1c(F)cccc1C1C=C(Cl)C(Cl)=C(Cl)C1. The zero-order valence-electron chi connectivity index (χ0n) is 10.6. The molecule has 5 heteroatoms. The molecule has 0 spiro atoms. The normalized spacial score (nSPS) is 19.5. The maximum Gasteiger partial charge on any atom is 0.146 e. The Balaban J connectivity index is 2.48. The molecule has 1 unspecified atom stereocenters. The van der Waals surface area contributed by atoms with Crippen molar-refractivity contribution in [2.45, 2.75) is 12.3 Å². The van der Waals surface area contributed by atoms with Crippen molar-refractivity contribution < 1.29 is 4.39 Å². The highest BCUT2D eigenvalue weighted by molar-refractivity contribution is 6.48. The van der Waals surface area contributed by atoms with E-state index < -0.39 is 0 Å². The molecule has 0 fully saturated rings. The summed E-state index contributed by atoms with van der Waals surface area (Å²) in [7, 11) is 3.61. The summed E-state index contributed by atoms with van der Waals surface area (Å²) >= 11 is 18.1. The second-order valence-electron chi connectivity index (χ2n) is 4.62. The molecule has 0 amide bonds. The van der Waals surface area contributed by atoms with Crippen molar-refractivity contribution in [3.05, 3.63) is 50.8 Å². The van der Waals surface area contributed by atoms with Gasteiger partial charge in [-0.3, -0.25) is 0 Å². The van der Waals surface area contributed by atoms with Gasteiger partial charge in [0.25, 0.3) is 0 Å². The third-order valence-corrected chi connectivity index (χ3v) is 4.34. The number of para-hydroxylation sites is 1. The van der Waals surface area contributed by atoms with Crippen molar-refractivity contribution in [2.75, 3.05) is 19.0 Å². The molecule has 0 saturated heterocycles. The Hall–Kier alpha value is -0.700. The van der Waals surface area contributed by atoms with E-state index in [1.165, 1.54) is 6.07 Å². The van der Waals surface area contributed by atoms with Gasteiger partial charge in [-0.15, -0.1) is 0 Å². The number of allylic oxidation sites excluding steroid dienone is 4. The average Bonchev–Trinajstić information content (AvgIpc) is 2.34. The van der Waals surface area contributed by atoms with E-state index in [2.05, 4.69) is 0 Å². The highest BCUT2D eigenvalue weighted by Crippen LogP contribution is 2.42. The number of rotatable bonds is 2. The fourth-order valence-electron chi connectivity index (χ4n) is 2.22. The van der Waals surface area contributed by atoms with Gasteiger partial charge in [-0.1, -0.05) is 53.0 Å². The molecule has 2 rings (SSSR count). The van der Waals surface area contributed by atoms with E-state index in [-0.39, 0.29) is 11.7 Å². The minimum Gasteiger partial charge on any atom is -0.375 e. The molecule has 0 N–H and O–H groups in total. The van der Waals surface area contributed by atoms with Gasteiger partial charge in [0, 0.05) is 25.0 Å². The zero-order chi connectivity index (χ0) is 14.2. The van der Waals surface area contributed by atoms with Gasteiger partial charge in [0.2, 0.25) is 0 Å². The Bertz CT molecular complexity index is 564. The predicted octanol–water partition coefficient (Wildman–Crippen LogP) is 5.19. The van der Waals surface area contributed by atoms with E-state index in [4.69, 9.17) is 34.8 Å². The average molecular weight is 321 g/mol. The molecular weight excluding hydrogens is 308 g/mol. The van der Waals surface area contributed by atoms with E-state index >= 15 is 0 Å². The molecular formula is C14H13Cl3FN. The first kappa shape index (κ1) is 14.7. The molecule has 0 saturated carbocycles. The fraction of sp³-hybridized carbons (Fsp3) is 0.286. The van der Waals surface area contributed by atoms with Crippen LogP contribution in [0.4, 0.5) is 10.1 Å². The third kappa shape index (κ3) is 2.91. The Kier molecular flexibility index (Phi) is 4.44. The van der Waals surface area contributed by atoms with Crippen LogP contribution in [0.15, 0.2) is 39.4 Å². The van der Waals surface area contributed by atoms with E-state index in [0.717, 1.165) is 5.56 Å². The summed E-state index contributed by atoms with van der Waals surface area (Å²) in [4.78, 5) is 1.75. The molecule has 0 radical (unpaired) electrons. The van der Waals surface area contributed by atoms with Gasteiger partial charge in [0.05, 0.1) is 15.8 Å². The smallest absolute Gasteiger partial charge is 0.146 e. The molecule has 1 aliphatic rings. The second-order valence-corrected chi connectivity index (χ2v) is 5.86. The number of hydrogen-bond acceptors (Lipinski definition) is 1. The van der Waals surface area contributed by atoms with E-state index in [9.17, 15) is 4.39 Å². The van der Waals surface area contributed by atoms with Crippen molar-refractivity contribution in [2.24, 2.45) is 0 Å². The first-order valence-corrected chi connectivity index (χ1v) is 6.92. The molecule has 1 aromatic rings. The zero-order valence-corrected chi connectivity index (χ0v) is 12.8. The number of nitrogens with zero attached hydrogens (tertiary/aromatic N) is 1. The van der Waals surface area contributed by atoms with Crippen LogP contribution in [0.5, 0.6) is 0 Å². The Morgan fingerprint density at radius 3 is 2.47 bits per heavy atom. The second kappa shape index (κ2) is 5.74. The molecule has 1 atom stereocenters. The molecule has 1 aromatic carbocycles. The highest BCUT2D eigenvalue weighted by atomic mass is 35.5. The number of halogens is 4. The highest BCUT2D eigenvalue weighted by Gasteiger charge is 2.24. The number of anilines is 1. The summed E-state index contributed by atoms with van der Waals surface area (Å²) in [5.41, 5.74) is 1.40. The van der Waals surface area contributed by atoms with Crippen LogP contribution in [0.25, 0.3) is 0 Å². The lowest BCUT2D eigenvalue weighted by atomic mass is 9.90. The quantitative estimate of drug-likeness (QED) is 0.724. The topological polar surface area (TPSA) is 3.24 Å². The van der Waals surface area contributed by atoms with Gasteiger partial charge in [0.1, 0.15) is 5.82 Å². The van der Waals surface area contributed by atoms with Crippen molar-refractivity contribution in [1.82, 2.24) is 0 Å². The van der Waals surface area contributed by atoms with Gasteiger partial charge in [0.15, 0.2) is 0 Å². The fourth-order valence-corrected chi connectivity index (χ4v) is 2.95. The van der Waals surface area contributed by atoms with Gasteiger partial charge in [-0.25, -0.2) is 4.39 Å². The Labute approximate surface area is 127 Å². The maximum atomic E-state index is 14.0. The van der Waals surface area contributed by atoms with Crippen LogP contribution >= 0.6 is 34.8 Å². The number of hydrogen-bond donors (Lipinski definition) is 0. The van der Waals surface area contributed by atoms with Gasteiger partial charge < -0.3 is 4.90 Å². The van der Waals surface area contributed by atoms with Crippen LogP contribution in [-0.2, 0) is 0 Å². The predicted molar refractivity (Wildman–Crippen MR) is 80.8 cm³/mol. The first-order valence-electron chi connectivity index (χ1n) is 5.79. The molecule has 0 aromatic heterocycles. The summed E-state index contributed by atoms with van der Waals surface area (Å²) in [5.74, 6) is -0.334. The largest absolute Gasteiger partial charge is 0.375 e. The summed E-state index contributed by atoms with van der Waals surface area (Å²) in [6.07, 6.45) is 2.35. The summed E-state index contributed by atoms with van der Waals surface area (Å²) in [5, 5.41) is 1.30. The lowest BCUT2D eigenvalue weighted by molar-refractivity contribution is 0.621. The van der Waals surface area contributed by atoms with Gasteiger partial charge in [-0.2, -0.15) is 0 Å². The number of benzene rings is 1. The lowest BCUT2D eigenvalue weighted by Crippen LogP contribution is -2.15. The van der Waals surface area contributed by atoms with Crippen molar-refractivity contribution >= 4 is 40.5 Å². The lowest BCUT2D eigenvalue weighted by Gasteiger charge is -2.25. The molecule has 1 nitrogen and oxygen atoms in total. The van der Waals surface area contributed by atoms with Gasteiger partial charge in [-0.05, 0) is 18.1 Å². The minimum atomic E-state index is -0.260. The van der Waals surface area contributed by atoms with Gasteiger partial charge >= 0.3 is 0 Å². The summed E-state index contributed by atoms with van der Waals surface area (Å²) in [6.45, 7) is 0. The van der Waals surface area contributed by atoms with Crippen LogP contribution in [-0.4, -0.2) is 14.1 Å². The van der Waals surface area contributed by atoms with Crippen LogP contribution < -0.4 is 4.90 Å². The summed E-state index contributed by atoms with van der Waals surface area (Å²) < 4.78 is 14.0. The molecule has 19 heavy (non-hydrogen) atoms. The van der Waals surface area contributed by atoms with Crippen LogP contribution in [0, 0.1) is 5.82 Å². The molecule has 0 heterocycles. The Morgan fingerprint density at radius 1 is 1.21 bits per heavy atom. The summed E-state index contributed by atoms with van der Waals surface area (Å²) in [6, 6.07) is 5.01. The molecule has 0 bridgehead atoms. The van der Waals surface area contributed by atoms with Crippen molar-refractivity contribution in [3.8, 4) is 0 Å². The monoisotopic (exact) mass is 319 g/mol.